The van der Waals surface area contributed by atoms with Crippen LogP contribution in [-0.2, 0) is 0 Å². The Bertz CT molecular complexity index is 515. The SMILES string of the molecule is O=C(c1ccc(Br)cc1O)N1CCC(N2CCCC2)C1. The molecule has 0 radical (unpaired) electrons. The first-order chi connectivity index (χ1) is 9.65. The first kappa shape index (κ1) is 13.9. The van der Waals surface area contributed by atoms with Gasteiger partial charge in [-0.1, -0.05) is 15.9 Å². The summed E-state index contributed by atoms with van der Waals surface area (Å²) in [5.41, 5.74) is 0.398. The van der Waals surface area contributed by atoms with Crippen LogP contribution in [-0.4, -0.2) is 53.0 Å². The van der Waals surface area contributed by atoms with Crippen LogP contribution in [0.1, 0.15) is 29.6 Å². The Morgan fingerprint density at radius 1 is 1.25 bits per heavy atom. The largest absolute Gasteiger partial charge is 0.507 e. The first-order valence-electron chi connectivity index (χ1n) is 7.17. The molecular formula is C15H19BrN2O2. The Kier molecular flexibility index (Phi) is 3.98. The van der Waals surface area contributed by atoms with E-state index in [9.17, 15) is 9.90 Å². The molecule has 1 N–H and O–H groups in total. The number of hydrogen-bond acceptors (Lipinski definition) is 3. The van der Waals surface area contributed by atoms with Gasteiger partial charge in [0.2, 0.25) is 0 Å². The summed E-state index contributed by atoms with van der Waals surface area (Å²) in [7, 11) is 0. The van der Waals surface area contributed by atoms with Crippen LogP contribution in [0.15, 0.2) is 22.7 Å². The third kappa shape index (κ3) is 2.69. The average molecular weight is 339 g/mol. The number of nitrogens with zero attached hydrogens (tertiary/aromatic N) is 2. The van der Waals surface area contributed by atoms with E-state index in [-0.39, 0.29) is 11.7 Å². The van der Waals surface area contributed by atoms with Gasteiger partial charge in [-0.2, -0.15) is 0 Å². The number of aromatic hydroxyl groups is 1. The van der Waals surface area contributed by atoms with Crippen molar-refractivity contribution in [2.24, 2.45) is 0 Å². The molecule has 20 heavy (non-hydrogen) atoms. The minimum atomic E-state index is -0.0586. The smallest absolute Gasteiger partial charge is 0.257 e. The predicted molar refractivity (Wildman–Crippen MR) is 80.9 cm³/mol. The molecule has 1 aromatic rings. The van der Waals surface area contributed by atoms with E-state index >= 15 is 0 Å². The highest BCUT2D eigenvalue weighted by Crippen LogP contribution is 2.26. The van der Waals surface area contributed by atoms with Crippen LogP contribution in [0.2, 0.25) is 0 Å². The molecule has 1 amide bonds. The van der Waals surface area contributed by atoms with Crippen molar-refractivity contribution in [1.82, 2.24) is 9.80 Å². The number of hydrogen-bond donors (Lipinski definition) is 1. The molecule has 1 atom stereocenters. The number of rotatable bonds is 2. The molecule has 3 rings (SSSR count). The fourth-order valence-corrected chi connectivity index (χ4v) is 3.54. The predicted octanol–water partition coefficient (Wildman–Crippen LogP) is 2.47. The minimum absolute atomic E-state index is 0.0500. The van der Waals surface area contributed by atoms with Gasteiger partial charge in [0.25, 0.3) is 5.91 Å². The van der Waals surface area contributed by atoms with Crippen molar-refractivity contribution >= 4 is 21.8 Å². The number of carbonyl (C=O) groups is 1. The molecule has 0 bridgehead atoms. The Morgan fingerprint density at radius 3 is 2.70 bits per heavy atom. The number of phenols is 1. The van der Waals surface area contributed by atoms with Gasteiger partial charge in [-0.3, -0.25) is 9.69 Å². The van der Waals surface area contributed by atoms with Crippen LogP contribution in [0, 0.1) is 0 Å². The maximum absolute atomic E-state index is 12.5. The molecule has 2 aliphatic rings. The zero-order valence-electron chi connectivity index (χ0n) is 11.4. The van der Waals surface area contributed by atoms with Gasteiger partial charge in [-0.25, -0.2) is 0 Å². The molecule has 2 heterocycles. The topological polar surface area (TPSA) is 43.8 Å². The highest BCUT2D eigenvalue weighted by atomic mass is 79.9. The number of carbonyl (C=O) groups excluding carboxylic acids is 1. The molecule has 5 heteroatoms. The summed E-state index contributed by atoms with van der Waals surface area (Å²) in [5.74, 6) is -0.00862. The van der Waals surface area contributed by atoms with Crippen molar-refractivity contribution in [1.29, 1.82) is 0 Å². The van der Waals surface area contributed by atoms with Gasteiger partial charge >= 0.3 is 0 Å². The summed E-state index contributed by atoms with van der Waals surface area (Å²) in [5, 5.41) is 9.91. The number of amides is 1. The maximum atomic E-state index is 12.5. The van der Waals surface area contributed by atoms with E-state index < -0.39 is 0 Å². The summed E-state index contributed by atoms with van der Waals surface area (Å²) < 4.78 is 0.780. The van der Waals surface area contributed by atoms with Crippen molar-refractivity contribution in [3.8, 4) is 5.75 Å². The second kappa shape index (κ2) is 5.74. The lowest BCUT2D eigenvalue weighted by Crippen LogP contribution is -2.37. The molecule has 1 unspecified atom stereocenters. The van der Waals surface area contributed by atoms with Crippen LogP contribution >= 0.6 is 15.9 Å². The van der Waals surface area contributed by atoms with Crippen LogP contribution < -0.4 is 0 Å². The quantitative estimate of drug-likeness (QED) is 0.900. The van der Waals surface area contributed by atoms with Gasteiger partial charge in [0.1, 0.15) is 5.75 Å². The van der Waals surface area contributed by atoms with E-state index in [1.807, 2.05) is 4.90 Å². The van der Waals surface area contributed by atoms with Crippen LogP contribution in [0.3, 0.4) is 0 Å². The number of benzene rings is 1. The third-order valence-electron chi connectivity index (χ3n) is 4.30. The fraction of sp³-hybridized carbons (Fsp3) is 0.533. The molecule has 2 fully saturated rings. The van der Waals surface area contributed by atoms with E-state index in [0.717, 1.165) is 37.1 Å². The Hall–Kier alpha value is -1.07. The summed E-state index contributed by atoms with van der Waals surface area (Å²) in [6.07, 6.45) is 3.60. The minimum Gasteiger partial charge on any atom is -0.507 e. The molecule has 2 aliphatic heterocycles. The van der Waals surface area contributed by atoms with Crippen molar-refractivity contribution in [2.45, 2.75) is 25.3 Å². The Labute approximate surface area is 127 Å². The molecular weight excluding hydrogens is 320 g/mol. The highest BCUT2D eigenvalue weighted by Gasteiger charge is 2.32. The zero-order chi connectivity index (χ0) is 14.1. The fourth-order valence-electron chi connectivity index (χ4n) is 3.19. The molecule has 0 spiro atoms. The lowest BCUT2D eigenvalue weighted by atomic mass is 10.2. The van der Waals surface area contributed by atoms with Gasteiger partial charge < -0.3 is 10.0 Å². The van der Waals surface area contributed by atoms with Crippen molar-refractivity contribution in [3.05, 3.63) is 28.2 Å². The summed E-state index contributed by atoms with van der Waals surface area (Å²) in [4.78, 5) is 16.8. The third-order valence-corrected chi connectivity index (χ3v) is 4.79. The zero-order valence-corrected chi connectivity index (χ0v) is 13.0. The second-order valence-electron chi connectivity index (χ2n) is 5.60. The lowest BCUT2D eigenvalue weighted by molar-refractivity contribution is 0.0777. The van der Waals surface area contributed by atoms with Gasteiger partial charge in [0.05, 0.1) is 5.56 Å². The summed E-state index contributed by atoms with van der Waals surface area (Å²) in [6.45, 7) is 3.90. The highest BCUT2D eigenvalue weighted by molar-refractivity contribution is 9.10. The normalized spacial score (nSPS) is 23.4. The summed E-state index contributed by atoms with van der Waals surface area (Å²) >= 11 is 3.29. The standard InChI is InChI=1S/C15H19BrN2O2/c16-11-3-4-13(14(19)9-11)15(20)18-8-5-12(10-18)17-6-1-2-7-17/h3-4,9,12,19H,1-2,5-8,10H2. The van der Waals surface area contributed by atoms with Crippen molar-refractivity contribution < 1.29 is 9.90 Å². The van der Waals surface area contributed by atoms with Crippen molar-refractivity contribution in [3.63, 3.8) is 0 Å². The molecule has 0 aromatic heterocycles. The summed E-state index contributed by atoms with van der Waals surface area (Å²) in [6, 6.07) is 5.55. The van der Waals surface area contributed by atoms with E-state index in [4.69, 9.17) is 0 Å². The van der Waals surface area contributed by atoms with Gasteiger partial charge in [-0.15, -0.1) is 0 Å². The monoisotopic (exact) mass is 338 g/mol. The second-order valence-corrected chi connectivity index (χ2v) is 6.51. The van der Waals surface area contributed by atoms with E-state index in [1.54, 1.807) is 18.2 Å². The molecule has 2 saturated heterocycles. The first-order valence-corrected chi connectivity index (χ1v) is 7.96. The number of halogens is 1. The number of phenolic OH excluding ortho intramolecular Hbond substituents is 1. The van der Waals surface area contributed by atoms with Gasteiger partial charge in [0.15, 0.2) is 0 Å². The molecule has 0 saturated carbocycles. The Balaban J connectivity index is 1.69. The molecule has 4 nitrogen and oxygen atoms in total. The van der Waals surface area contributed by atoms with Crippen LogP contribution in [0.5, 0.6) is 5.75 Å². The van der Waals surface area contributed by atoms with Gasteiger partial charge in [-0.05, 0) is 50.6 Å². The van der Waals surface area contributed by atoms with E-state index in [2.05, 4.69) is 20.8 Å². The van der Waals surface area contributed by atoms with Crippen LogP contribution in [0.25, 0.3) is 0 Å². The van der Waals surface area contributed by atoms with E-state index in [0.29, 0.717) is 11.6 Å². The lowest BCUT2D eigenvalue weighted by Gasteiger charge is -2.23. The van der Waals surface area contributed by atoms with E-state index in [1.165, 1.54) is 12.8 Å². The number of likely N-dealkylation sites (tertiary alicyclic amines) is 2. The van der Waals surface area contributed by atoms with Crippen molar-refractivity contribution in [2.75, 3.05) is 26.2 Å². The Morgan fingerprint density at radius 2 is 2.00 bits per heavy atom. The molecule has 108 valence electrons. The molecule has 1 aromatic carbocycles. The van der Waals surface area contributed by atoms with Crippen LogP contribution in [0.4, 0.5) is 0 Å². The molecule has 0 aliphatic carbocycles. The maximum Gasteiger partial charge on any atom is 0.257 e. The van der Waals surface area contributed by atoms with Gasteiger partial charge in [0, 0.05) is 23.6 Å². The average Bonchev–Trinajstić information content (AvgIpc) is 3.09.